The van der Waals surface area contributed by atoms with Crippen LogP contribution in [0.3, 0.4) is 0 Å². The van der Waals surface area contributed by atoms with E-state index in [1.807, 2.05) is 13.8 Å². The summed E-state index contributed by atoms with van der Waals surface area (Å²) in [7, 11) is 1.75. The summed E-state index contributed by atoms with van der Waals surface area (Å²) in [5.74, 6) is 0. The van der Waals surface area contributed by atoms with Crippen LogP contribution in [0.15, 0.2) is 24.3 Å². The Balaban J connectivity index is 0.00000106. The fraction of sp³-hybridized carbons (Fsp3) is 0.600. The molecule has 0 aromatic heterocycles. The molecule has 92 valence electrons. The number of ether oxygens (including phenoxy) is 1. The molecule has 0 spiro atoms. The summed E-state index contributed by atoms with van der Waals surface area (Å²) in [5, 5.41) is 0. The first-order chi connectivity index (χ1) is 7.60. The molecule has 0 saturated heterocycles. The van der Waals surface area contributed by atoms with Crippen LogP contribution in [0.1, 0.15) is 45.7 Å². The lowest BCUT2D eigenvalue weighted by atomic mass is 9.85. The molecule has 0 aliphatic carbocycles. The zero-order valence-corrected chi connectivity index (χ0v) is 11.6. The highest BCUT2D eigenvalue weighted by Crippen LogP contribution is 2.23. The molecule has 1 nitrogen and oxygen atoms in total. The maximum Gasteiger partial charge on any atom is 0.0553 e. The topological polar surface area (TPSA) is 9.23 Å². The van der Waals surface area contributed by atoms with E-state index < -0.39 is 0 Å². The minimum absolute atomic E-state index is 0.112. The van der Waals surface area contributed by atoms with E-state index in [1.54, 1.807) is 7.11 Å². The largest absolute Gasteiger partial charge is 0.384 e. The molecule has 0 heterocycles. The van der Waals surface area contributed by atoms with E-state index in [9.17, 15) is 0 Å². The van der Waals surface area contributed by atoms with Crippen molar-refractivity contribution in [3.05, 3.63) is 35.4 Å². The van der Waals surface area contributed by atoms with Crippen LogP contribution in [0.5, 0.6) is 0 Å². The smallest absolute Gasteiger partial charge is 0.0553 e. The Bertz CT molecular complexity index is 272. The molecule has 0 amide bonds. The van der Waals surface area contributed by atoms with Crippen molar-refractivity contribution >= 4 is 0 Å². The van der Waals surface area contributed by atoms with Crippen molar-refractivity contribution in [3.63, 3.8) is 0 Å². The molecule has 1 aromatic rings. The summed E-state index contributed by atoms with van der Waals surface area (Å²) < 4.78 is 5.22. The molecule has 0 radical (unpaired) electrons. The Labute approximate surface area is 101 Å². The highest BCUT2D eigenvalue weighted by atomic mass is 16.5. The average Bonchev–Trinajstić information content (AvgIpc) is 2.32. The van der Waals surface area contributed by atoms with Crippen molar-refractivity contribution < 1.29 is 4.74 Å². The Morgan fingerprint density at radius 3 is 1.94 bits per heavy atom. The molecule has 1 rings (SSSR count). The lowest BCUT2D eigenvalue weighted by molar-refractivity contribution is 0.146. The molecule has 0 fully saturated rings. The van der Waals surface area contributed by atoms with Gasteiger partial charge in [0, 0.05) is 12.5 Å². The summed E-state index contributed by atoms with van der Waals surface area (Å²) in [6.07, 6.45) is 1.10. The normalized spacial score (nSPS) is 10.6. The van der Waals surface area contributed by atoms with Crippen LogP contribution in [0.4, 0.5) is 0 Å². The first-order valence-corrected chi connectivity index (χ1v) is 6.18. The van der Waals surface area contributed by atoms with E-state index in [0.29, 0.717) is 0 Å². The fourth-order valence-corrected chi connectivity index (χ4v) is 1.64. The van der Waals surface area contributed by atoms with Gasteiger partial charge in [0.1, 0.15) is 0 Å². The minimum atomic E-state index is 0.112. The van der Waals surface area contributed by atoms with E-state index in [4.69, 9.17) is 4.74 Å². The van der Waals surface area contributed by atoms with Crippen LogP contribution in [-0.2, 0) is 16.6 Å². The number of methoxy groups -OCH3 is 1. The summed E-state index contributed by atoms with van der Waals surface area (Å²) in [6, 6.07) is 8.81. The monoisotopic (exact) mass is 222 g/mol. The predicted octanol–water partition coefficient (Wildman–Crippen LogP) is 4.20. The van der Waals surface area contributed by atoms with Gasteiger partial charge in [-0.1, -0.05) is 58.9 Å². The minimum Gasteiger partial charge on any atom is -0.384 e. The summed E-state index contributed by atoms with van der Waals surface area (Å²) >= 11 is 0. The summed E-state index contributed by atoms with van der Waals surface area (Å²) in [5.41, 5.74) is 2.85. The number of benzene rings is 1. The van der Waals surface area contributed by atoms with Gasteiger partial charge >= 0.3 is 0 Å². The van der Waals surface area contributed by atoms with Crippen LogP contribution in [0, 0.1) is 0 Å². The Morgan fingerprint density at radius 1 is 1.06 bits per heavy atom. The number of hydrogen-bond acceptors (Lipinski definition) is 1. The van der Waals surface area contributed by atoms with E-state index in [0.717, 1.165) is 13.0 Å². The quantitative estimate of drug-likeness (QED) is 0.742. The molecular formula is C15H26O. The molecule has 0 unspecified atom stereocenters. The Kier molecular flexibility index (Phi) is 7.07. The van der Waals surface area contributed by atoms with Crippen molar-refractivity contribution in [2.24, 2.45) is 0 Å². The van der Waals surface area contributed by atoms with Gasteiger partial charge in [-0.15, -0.1) is 0 Å². The van der Waals surface area contributed by atoms with E-state index in [-0.39, 0.29) is 5.41 Å². The SMILES string of the molecule is CC.CCc1ccc(C(C)(C)COC)cc1. The van der Waals surface area contributed by atoms with Crippen LogP contribution in [0.25, 0.3) is 0 Å². The van der Waals surface area contributed by atoms with Crippen LogP contribution in [-0.4, -0.2) is 13.7 Å². The lowest BCUT2D eigenvalue weighted by Crippen LogP contribution is -2.23. The Hall–Kier alpha value is -0.820. The van der Waals surface area contributed by atoms with Gasteiger partial charge < -0.3 is 4.74 Å². The van der Waals surface area contributed by atoms with Crippen molar-refractivity contribution in [1.29, 1.82) is 0 Å². The van der Waals surface area contributed by atoms with Gasteiger partial charge in [-0.25, -0.2) is 0 Å². The highest BCUT2D eigenvalue weighted by Gasteiger charge is 2.19. The molecule has 0 saturated carbocycles. The van der Waals surface area contributed by atoms with Crippen LogP contribution >= 0.6 is 0 Å². The van der Waals surface area contributed by atoms with Gasteiger partial charge in [0.05, 0.1) is 6.61 Å². The van der Waals surface area contributed by atoms with Crippen molar-refractivity contribution in [2.45, 2.75) is 46.5 Å². The van der Waals surface area contributed by atoms with Crippen LogP contribution < -0.4 is 0 Å². The van der Waals surface area contributed by atoms with Gasteiger partial charge in [0.25, 0.3) is 0 Å². The maximum atomic E-state index is 5.22. The first-order valence-electron chi connectivity index (χ1n) is 6.18. The van der Waals surface area contributed by atoms with Crippen molar-refractivity contribution in [1.82, 2.24) is 0 Å². The van der Waals surface area contributed by atoms with Gasteiger partial charge in [-0.3, -0.25) is 0 Å². The van der Waals surface area contributed by atoms with Gasteiger partial charge in [0.15, 0.2) is 0 Å². The third kappa shape index (κ3) is 4.36. The molecule has 0 atom stereocenters. The standard InChI is InChI=1S/C13H20O.C2H6/c1-5-11-6-8-12(9-7-11)13(2,3)10-14-4;1-2/h6-9H,5,10H2,1-4H3;1-2H3. The van der Waals surface area contributed by atoms with Crippen molar-refractivity contribution in [2.75, 3.05) is 13.7 Å². The molecule has 0 bridgehead atoms. The van der Waals surface area contributed by atoms with Crippen LogP contribution in [0.2, 0.25) is 0 Å². The summed E-state index contributed by atoms with van der Waals surface area (Å²) in [6.45, 7) is 11.3. The molecule has 1 heteroatoms. The van der Waals surface area contributed by atoms with E-state index in [1.165, 1.54) is 11.1 Å². The lowest BCUT2D eigenvalue weighted by Gasteiger charge is -2.24. The first kappa shape index (κ1) is 15.2. The van der Waals surface area contributed by atoms with E-state index in [2.05, 4.69) is 45.0 Å². The molecule has 0 N–H and O–H groups in total. The second-order valence-electron chi connectivity index (χ2n) is 4.37. The third-order valence-corrected chi connectivity index (χ3v) is 2.65. The zero-order valence-electron chi connectivity index (χ0n) is 11.6. The van der Waals surface area contributed by atoms with Crippen molar-refractivity contribution in [3.8, 4) is 0 Å². The fourth-order valence-electron chi connectivity index (χ4n) is 1.64. The second kappa shape index (κ2) is 7.45. The molecule has 16 heavy (non-hydrogen) atoms. The molecule has 0 aliphatic heterocycles. The third-order valence-electron chi connectivity index (χ3n) is 2.65. The molecular weight excluding hydrogens is 196 g/mol. The average molecular weight is 222 g/mol. The number of aryl methyl sites for hydroxylation is 1. The molecule has 0 aliphatic rings. The van der Waals surface area contributed by atoms with E-state index >= 15 is 0 Å². The maximum absolute atomic E-state index is 5.22. The number of hydrogen-bond donors (Lipinski definition) is 0. The van der Waals surface area contributed by atoms with Gasteiger partial charge in [0.2, 0.25) is 0 Å². The number of rotatable bonds is 4. The summed E-state index contributed by atoms with van der Waals surface area (Å²) in [4.78, 5) is 0. The second-order valence-corrected chi connectivity index (χ2v) is 4.37. The predicted molar refractivity (Wildman–Crippen MR) is 72.1 cm³/mol. The van der Waals surface area contributed by atoms with Gasteiger partial charge in [-0.05, 0) is 17.5 Å². The highest BCUT2D eigenvalue weighted by molar-refractivity contribution is 5.28. The molecule has 1 aromatic carbocycles. The van der Waals surface area contributed by atoms with Gasteiger partial charge in [-0.2, -0.15) is 0 Å². The Morgan fingerprint density at radius 2 is 1.56 bits per heavy atom. The zero-order chi connectivity index (χ0) is 12.6.